The summed E-state index contributed by atoms with van der Waals surface area (Å²) >= 11 is 1.44. The van der Waals surface area contributed by atoms with Crippen LogP contribution in [0, 0.1) is 6.92 Å². The zero-order valence-corrected chi connectivity index (χ0v) is 16.6. The molecule has 0 aliphatic heterocycles. The summed E-state index contributed by atoms with van der Waals surface area (Å²) < 4.78 is 7.94. The molecule has 7 nitrogen and oxygen atoms in total. The first-order valence-electron chi connectivity index (χ1n) is 8.72. The van der Waals surface area contributed by atoms with Crippen LogP contribution in [0.2, 0.25) is 0 Å². The predicted molar refractivity (Wildman–Crippen MR) is 109 cm³/mol. The van der Waals surface area contributed by atoms with Gasteiger partial charge in [-0.05, 0) is 43.3 Å². The summed E-state index contributed by atoms with van der Waals surface area (Å²) in [6.45, 7) is 2.23. The Morgan fingerprint density at radius 3 is 2.79 bits per heavy atom. The molecule has 0 atom stereocenters. The summed E-state index contributed by atoms with van der Waals surface area (Å²) in [5.74, 6) is 0.547. The maximum absolute atomic E-state index is 13.3. The fourth-order valence-corrected chi connectivity index (χ4v) is 3.81. The minimum absolute atomic E-state index is 0.208. The van der Waals surface area contributed by atoms with Crippen LogP contribution in [0.4, 0.5) is 5.13 Å². The molecule has 8 heteroatoms. The van der Waals surface area contributed by atoms with E-state index in [-0.39, 0.29) is 5.91 Å². The van der Waals surface area contributed by atoms with E-state index in [1.54, 1.807) is 29.0 Å². The molecule has 4 aromatic rings. The van der Waals surface area contributed by atoms with Gasteiger partial charge < -0.3 is 4.74 Å². The highest BCUT2D eigenvalue weighted by atomic mass is 32.1. The number of aromatic nitrogens is 4. The number of carbonyl (C=O) groups excluding carboxylic acids is 1. The van der Waals surface area contributed by atoms with Gasteiger partial charge in [0, 0.05) is 18.9 Å². The topological polar surface area (TPSA) is 73.1 Å². The van der Waals surface area contributed by atoms with E-state index in [1.165, 1.54) is 11.3 Å². The number of hydrogen-bond donors (Lipinski definition) is 0. The average molecular weight is 393 g/mol. The number of fused-ring (bicyclic) bond motifs is 1. The molecule has 0 aliphatic carbocycles. The zero-order chi connectivity index (χ0) is 19.7. The summed E-state index contributed by atoms with van der Waals surface area (Å²) in [5.41, 5.74) is 2.89. The van der Waals surface area contributed by atoms with Crippen LogP contribution in [-0.2, 0) is 13.6 Å². The monoisotopic (exact) mass is 393 g/mol. The van der Waals surface area contributed by atoms with Crippen LogP contribution in [0.5, 0.6) is 5.75 Å². The second-order valence-electron chi connectivity index (χ2n) is 6.34. The molecule has 3 heterocycles. The molecule has 4 rings (SSSR count). The summed E-state index contributed by atoms with van der Waals surface area (Å²) in [4.78, 5) is 23.9. The number of amides is 1. The van der Waals surface area contributed by atoms with Crippen molar-refractivity contribution in [3.63, 3.8) is 0 Å². The lowest BCUT2D eigenvalue weighted by Gasteiger charge is -2.18. The van der Waals surface area contributed by atoms with Gasteiger partial charge in [0.2, 0.25) is 0 Å². The SMILES string of the molecule is COc1ccc2nc(N(Cc3ccccn3)C(=O)c3cc(C)n(C)n3)sc2c1. The van der Waals surface area contributed by atoms with Crippen LogP contribution in [-0.4, -0.2) is 32.8 Å². The van der Waals surface area contributed by atoms with E-state index in [2.05, 4.69) is 15.1 Å². The zero-order valence-electron chi connectivity index (χ0n) is 15.8. The molecule has 0 bridgehead atoms. The Balaban J connectivity index is 1.76. The second kappa shape index (κ2) is 7.40. The van der Waals surface area contributed by atoms with E-state index in [0.717, 1.165) is 27.4 Å². The Morgan fingerprint density at radius 2 is 2.11 bits per heavy atom. The molecule has 0 N–H and O–H groups in total. The number of aryl methyl sites for hydroxylation is 2. The van der Waals surface area contributed by atoms with Crippen molar-refractivity contribution in [2.45, 2.75) is 13.5 Å². The summed E-state index contributed by atoms with van der Waals surface area (Å²) in [5, 5.41) is 4.94. The molecule has 28 heavy (non-hydrogen) atoms. The average Bonchev–Trinajstić information content (AvgIpc) is 3.28. The number of benzene rings is 1. The highest BCUT2D eigenvalue weighted by Crippen LogP contribution is 2.32. The molecule has 0 radical (unpaired) electrons. The lowest BCUT2D eigenvalue weighted by molar-refractivity contribution is 0.0979. The number of ether oxygens (including phenoxy) is 1. The molecule has 0 spiro atoms. The van der Waals surface area contributed by atoms with Crippen LogP contribution in [0.3, 0.4) is 0 Å². The van der Waals surface area contributed by atoms with Gasteiger partial charge in [-0.1, -0.05) is 17.4 Å². The molecular formula is C20H19N5O2S. The predicted octanol–water partition coefficient (Wildman–Crippen LogP) is 3.59. The van der Waals surface area contributed by atoms with Gasteiger partial charge in [0.05, 0.1) is 29.6 Å². The van der Waals surface area contributed by atoms with E-state index >= 15 is 0 Å². The number of methoxy groups -OCH3 is 1. The fourth-order valence-electron chi connectivity index (χ4n) is 2.82. The van der Waals surface area contributed by atoms with Crippen molar-refractivity contribution in [3.05, 3.63) is 65.7 Å². The molecule has 0 saturated carbocycles. The van der Waals surface area contributed by atoms with Gasteiger partial charge in [0.1, 0.15) is 5.75 Å². The van der Waals surface area contributed by atoms with Crippen molar-refractivity contribution < 1.29 is 9.53 Å². The van der Waals surface area contributed by atoms with Crippen LogP contribution >= 0.6 is 11.3 Å². The van der Waals surface area contributed by atoms with Crippen molar-refractivity contribution in [2.75, 3.05) is 12.0 Å². The molecule has 3 aromatic heterocycles. The third-order valence-corrected chi connectivity index (χ3v) is 5.48. The number of carbonyl (C=O) groups is 1. The maximum Gasteiger partial charge on any atom is 0.280 e. The lowest BCUT2D eigenvalue weighted by atomic mass is 10.3. The van der Waals surface area contributed by atoms with Crippen molar-refractivity contribution in [2.24, 2.45) is 7.05 Å². The Morgan fingerprint density at radius 1 is 1.25 bits per heavy atom. The van der Waals surface area contributed by atoms with Gasteiger partial charge in [-0.3, -0.25) is 19.4 Å². The maximum atomic E-state index is 13.3. The first-order chi connectivity index (χ1) is 13.5. The molecular weight excluding hydrogens is 374 g/mol. The van der Waals surface area contributed by atoms with Crippen molar-refractivity contribution in [1.29, 1.82) is 0 Å². The van der Waals surface area contributed by atoms with Gasteiger partial charge in [0.25, 0.3) is 5.91 Å². The first kappa shape index (κ1) is 18.1. The molecule has 0 aliphatic rings. The molecule has 1 amide bonds. The van der Waals surface area contributed by atoms with Crippen LogP contribution in [0.15, 0.2) is 48.7 Å². The Hall–Kier alpha value is -3.26. The van der Waals surface area contributed by atoms with Gasteiger partial charge in [-0.25, -0.2) is 4.98 Å². The second-order valence-corrected chi connectivity index (χ2v) is 7.35. The quantitative estimate of drug-likeness (QED) is 0.518. The standard InChI is InChI=1S/C20H19N5O2S/c1-13-10-17(23-24(13)2)19(26)25(12-14-6-4-5-9-21-14)20-22-16-8-7-15(27-3)11-18(16)28-20/h4-11H,12H2,1-3H3. The van der Waals surface area contributed by atoms with Gasteiger partial charge in [-0.15, -0.1) is 0 Å². The Labute approximate surface area is 166 Å². The van der Waals surface area contributed by atoms with E-state index in [1.807, 2.05) is 50.4 Å². The number of rotatable bonds is 5. The normalized spacial score (nSPS) is 11.0. The third-order valence-electron chi connectivity index (χ3n) is 4.44. The van der Waals surface area contributed by atoms with Gasteiger partial charge in [-0.2, -0.15) is 5.10 Å². The minimum Gasteiger partial charge on any atom is -0.497 e. The van der Waals surface area contributed by atoms with E-state index in [4.69, 9.17) is 4.74 Å². The molecule has 142 valence electrons. The number of pyridine rings is 1. The van der Waals surface area contributed by atoms with Gasteiger partial charge in [0.15, 0.2) is 10.8 Å². The van der Waals surface area contributed by atoms with Crippen LogP contribution < -0.4 is 9.64 Å². The van der Waals surface area contributed by atoms with Crippen molar-refractivity contribution in [1.82, 2.24) is 19.7 Å². The largest absolute Gasteiger partial charge is 0.497 e. The molecule has 0 saturated heterocycles. The van der Waals surface area contributed by atoms with Crippen molar-refractivity contribution in [3.8, 4) is 5.75 Å². The third kappa shape index (κ3) is 3.46. The first-order valence-corrected chi connectivity index (χ1v) is 9.54. The number of nitrogens with zero attached hydrogens (tertiary/aromatic N) is 5. The molecule has 0 unspecified atom stereocenters. The van der Waals surface area contributed by atoms with Crippen molar-refractivity contribution >= 4 is 32.6 Å². The number of anilines is 1. The number of hydrogen-bond acceptors (Lipinski definition) is 6. The smallest absolute Gasteiger partial charge is 0.280 e. The van der Waals surface area contributed by atoms with E-state index in [0.29, 0.717) is 17.4 Å². The van der Waals surface area contributed by atoms with Crippen LogP contribution in [0.1, 0.15) is 21.9 Å². The summed E-state index contributed by atoms with van der Waals surface area (Å²) in [7, 11) is 3.45. The van der Waals surface area contributed by atoms with E-state index in [9.17, 15) is 4.79 Å². The molecule has 0 fully saturated rings. The highest BCUT2D eigenvalue weighted by Gasteiger charge is 2.24. The number of thiazole rings is 1. The summed E-state index contributed by atoms with van der Waals surface area (Å²) in [6.07, 6.45) is 1.71. The van der Waals surface area contributed by atoms with Gasteiger partial charge >= 0.3 is 0 Å². The Kier molecular flexibility index (Phi) is 4.79. The lowest BCUT2D eigenvalue weighted by Crippen LogP contribution is -2.31. The highest BCUT2D eigenvalue weighted by molar-refractivity contribution is 7.22. The Bertz CT molecular complexity index is 1120. The van der Waals surface area contributed by atoms with E-state index < -0.39 is 0 Å². The minimum atomic E-state index is -0.208. The summed E-state index contributed by atoms with van der Waals surface area (Å²) in [6, 6.07) is 13.1. The fraction of sp³-hybridized carbons (Fsp3) is 0.200. The van der Waals surface area contributed by atoms with Crippen LogP contribution in [0.25, 0.3) is 10.2 Å². The molecule has 1 aromatic carbocycles.